The van der Waals surface area contributed by atoms with Crippen LogP contribution in [0, 0.1) is 5.92 Å². The second-order valence-corrected chi connectivity index (χ2v) is 37.2. The van der Waals surface area contributed by atoms with Crippen molar-refractivity contribution in [2.45, 2.75) is 253 Å². The third kappa shape index (κ3) is 29.3. The van der Waals surface area contributed by atoms with Crippen LogP contribution >= 0.6 is 11.8 Å². The first-order valence-electron chi connectivity index (χ1n) is 46.9. The number of hydrogen-bond acceptors (Lipinski definition) is 24. The van der Waals surface area contributed by atoms with E-state index in [2.05, 4.69) is 68.1 Å². The maximum absolute atomic E-state index is 15.9. The number of aromatic amines is 2. The second-order valence-electron chi connectivity index (χ2n) is 36.2. The van der Waals surface area contributed by atoms with Gasteiger partial charge in [-0.1, -0.05) is 102 Å². The molecule has 17 amide bonds. The standard InChI is InChI=1S/C94H127N21O24S/c1-7-9-21-71-86(131)103-62(34-51(3)4)82(127)109-69(81(126)99-43-77(96)120)48-140-49-78(121)101-65(35-52-26-28-56(117)29-27-52)92(137)113-32-16-15-24-72(113)88(133)107-67(40-79(122)123)93(138)114-33-17-25-73(114)87(132)105-64(38-55-42-97-50-100-55)84(129)102-61(30-31-76(95)119)91(136)115-45-57(118)39-75(115)89(134)104-63(36-53-41-98-60-20-13-11-18-58(53)60)83(128)108-68(47-116)85(130)106-66(90(135)111(6)74(22-10-8-2)94(139)110(71)5)37-54-44-112(46-80(124)125)70-23-14-12-19-59(54)70/h11-14,18-20,23,26-29,41-42,44,50-51,57,61-69,71-75,98,116-118H,7-10,15-17,21-22,24-25,30-40,43,45-49H2,1-6H3,(H2,95,119)(H2,96,120)(H,97,100)(H,99,126)(H,101,121)(H,102,129)(H,103,131)(H,104,134)(H,105,132)(H,106,130)(H,107,133)(H,108,128)(H,109,127)(H,122,123)(H,124,125)/t57-,61+,62+,63+,64+,65-,66+,67+,68+,69+,71+,72+,73+,74+,75+/m1/s1. The molecule has 3 aromatic heterocycles. The number of aliphatic hydroxyl groups excluding tert-OH is 2. The van der Waals surface area contributed by atoms with Crippen molar-refractivity contribution < 1.29 is 117 Å². The van der Waals surface area contributed by atoms with Gasteiger partial charge >= 0.3 is 11.9 Å². The van der Waals surface area contributed by atoms with Crippen molar-refractivity contribution in [3.63, 3.8) is 0 Å². The molecule has 0 bridgehead atoms. The number of nitrogens with two attached hydrogens (primary N) is 2. The molecule has 0 unspecified atom stereocenters. The van der Waals surface area contributed by atoms with E-state index in [9.17, 15) is 68.7 Å². The number of carbonyl (C=O) groups excluding carboxylic acids is 17. The summed E-state index contributed by atoms with van der Waals surface area (Å²) in [6.07, 6.45) is 1.82. The number of aliphatic hydroxyl groups is 2. The molecule has 0 radical (unpaired) electrons. The normalized spacial score (nSPS) is 24.8. The lowest BCUT2D eigenvalue weighted by Gasteiger charge is -2.38. The third-order valence-corrected chi connectivity index (χ3v) is 26.3. The number of H-pyrrole nitrogens is 2. The number of hydrogen-bond donors (Lipinski definition) is 19. The molecule has 6 aromatic rings. The Balaban J connectivity index is 1.04. The van der Waals surface area contributed by atoms with E-state index < -0.39 is 286 Å². The number of nitrogens with zero attached hydrogens (tertiary/aromatic N) is 7. The Bertz CT molecular complexity index is 5480. The van der Waals surface area contributed by atoms with Gasteiger partial charge in [0.15, 0.2) is 0 Å². The highest BCUT2D eigenvalue weighted by Crippen LogP contribution is 2.30. The summed E-state index contributed by atoms with van der Waals surface area (Å²) in [5, 5.41) is 80.7. The number of fused-ring (bicyclic) bond motifs is 5. The van der Waals surface area contributed by atoms with Gasteiger partial charge in [-0.15, -0.1) is 11.8 Å². The molecule has 21 N–H and O–H groups in total. The predicted octanol–water partition coefficient (Wildman–Crippen LogP) is -2.24. The van der Waals surface area contributed by atoms with Gasteiger partial charge in [-0.05, 0) is 105 Å². The molecule has 46 heteroatoms. The SMILES string of the molecule is CCCC[C@H]1C(=O)N(C)[C@@H](CCCC)C(=O)N[C@@H](CC(C)C)C(=O)N[C@H](C(=O)NCC(N)=O)CSCC(=O)N[C@H](Cc2ccc(O)cc2)C(=O)N2CCCC[C@H]2C(=O)N[C@@H](CC(=O)O)C(=O)N2CCC[C@H]2C(=O)N[C@@H](Cc2cnc[nH]2)C(=O)N[C@@H](CCC(N)=O)C(=O)N2C[C@H](O)C[C@H]2C(=O)N[C@@H](Cc2c[nH]c3ccccc23)C(=O)N[C@@H](CO)C(=O)N[C@@H](Cc2cn(CC(=O)O)c3ccccc23)C(=O)N1C. The van der Waals surface area contributed by atoms with Gasteiger partial charge < -0.3 is 129 Å². The van der Waals surface area contributed by atoms with Crippen LogP contribution in [0.4, 0.5) is 0 Å². The number of aliphatic carboxylic acids is 2. The zero-order chi connectivity index (χ0) is 102. The van der Waals surface area contributed by atoms with E-state index in [4.69, 9.17) is 11.5 Å². The lowest BCUT2D eigenvalue weighted by Crippen LogP contribution is -2.62. The third-order valence-electron chi connectivity index (χ3n) is 25.3. The number of para-hydroxylation sites is 2. The number of amides is 17. The molecule has 0 saturated carbocycles. The number of rotatable bonds is 27. The van der Waals surface area contributed by atoms with Crippen LogP contribution in [0.5, 0.6) is 5.75 Å². The summed E-state index contributed by atoms with van der Waals surface area (Å²) in [6.45, 7) is 3.74. The van der Waals surface area contributed by atoms with E-state index >= 15 is 47.9 Å². The summed E-state index contributed by atoms with van der Waals surface area (Å²) in [4.78, 5) is 292. The molecule has 7 heterocycles. The minimum Gasteiger partial charge on any atom is -0.508 e. The number of nitrogens with one attached hydrogen (secondary N) is 12. The van der Waals surface area contributed by atoms with Crippen molar-refractivity contribution in [3.05, 3.63) is 120 Å². The number of primary amides is 2. The molecular formula is C94H127N21O24S. The average Bonchev–Trinajstić information content (AvgIpc) is 1.60. The van der Waals surface area contributed by atoms with Gasteiger partial charge in [-0.3, -0.25) is 91.1 Å². The van der Waals surface area contributed by atoms with Crippen LogP contribution in [0.1, 0.15) is 153 Å². The van der Waals surface area contributed by atoms with Crippen molar-refractivity contribution in [1.82, 2.24) is 97.2 Å². The lowest BCUT2D eigenvalue weighted by atomic mass is 9.97. The topological polar surface area (TPSA) is 663 Å². The molecule has 140 heavy (non-hydrogen) atoms. The van der Waals surface area contributed by atoms with Gasteiger partial charge in [0.25, 0.3) is 0 Å². The van der Waals surface area contributed by atoms with Crippen molar-refractivity contribution >= 4 is 146 Å². The van der Waals surface area contributed by atoms with Crippen molar-refractivity contribution in [2.75, 3.05) is 58.4 Å². The van der Waals surface area contributed by atoms with Crippen LogP contribution in [0.25, 0.3) is 21.8 Å². The van der Waals surface area contributed by atoms with Crippen LogP contribution < -0.4 is 64.6 Å². The predicted molar refractivity (Wildman–Crippen MR) is 506 cm³/mol. The second kappa shape index (κ2) is 51.0. The highest BCUT2D eigenvalue weighted by molar-refractivity contribution is 8.00. The number of phenolic OH excluding ortho intramolecular Hbond substituents is 1. The Morgan fingerprint density at radius 2 is 1.10 bits per heavy atom. The number of carbonyl (C=O) groups is 19. The number of thioether (sulfide) groups is 1. The minimum absolute atomic E-state index is 0.0258. The van der Waals surface area contributed by atoms with Gasteiger partial charge in [0.2, 0.25) is 100 Å². The maximum atomic E-state index is 15.9. The van der Waals surface area contributed by atoms with Crippen molar-refractivity contribution in [3.8, 4) is 5.75 Å². The van der Waals surface area contributed by atoms with Crippen molar-refractivity contribution in [1.29, 1.82) is 0 Å². The molecule has 4 aliphatic rings. The summed E-state index contributed by atoms with van der Waals surface area (Å²) < 4.78 is 1.40. The highest BCUT2D eigenvalue weighted by Gasteiger charge is 2.48. The maximum Gasteiger partial charge on any atom is 0.323 e. The van der Waals surface area contributed by atoms with Gasteiger partial charge in [0, 0.05) is 124 Å². The Kier molecular flexibility index (Phi) is 39.4. The molecule has 3 aromatic carbocycles. The molecule has 45 nitrogen and oxygen atoms in total. The number of imidazole rings is 1. The molecule has 0 spiro atoms. The van der Waals surface area contributed by atoms with Crippen LogP contribution in [0.2, 0.25) is 0 Å². The quantitative estimate of drug-likeness (QED) is 0.0259. The number of carboxylic acids is 2. The number of carboxylic acid groups (broad SMARTS) is 2. The van der Waals surface area contributed by atoms with E-state index in [-0.39, 0.29) is 81.8 Å². The molecule has 15 atom stereocenters. The van der Waals surface area contributed by atoms with E-state index in [0.717, 1.165) is 31.4 Å². The number of unbranched alkanes of at least 4 members (excludes halogenated alkanes) is 2. The zero-order valence-electron chi connectivity index (χ0n) is 79.0. The Labute approximate surface area is 810 Å². The first-order chi connectivity index (χ1) is 66.8. The van der Waals surface area contributed by atoms with Gasteiger partial charge in [0.05, 0.1) is 37.8 Å². The summed E-state index contributed by atoms with van der Waals surface area (Å²) >= 11 is 0.779. The fourth-order valence-corrected chi connectivity index (χ4v) is 18.9. The lowest BCUT2D eigenvalue weighted by molar-refractivity contribution is -0.149. The van der Waals surface area contributed by atoms with Gasteiger partial charge in [-0.2, -0.15) is 0 Å². The van der Waals surface area contributed by atoms with Gasteiger partial charge in [0.1, 0.15) is 96.9 Å². The summed E-state index contributed by atoms with van der Waals surface area (Å²) in [6, 6.07) is -3.96. The largest absolute Gasteiger partial charge is 0.508 e. The number of benzene rings is 3. The van der Waals surface area contributed by atoms with Crippen LogP contribution in [0.3, 0.4) is 0 Å². The minimum atomic E-state index is -2.00. The van der Waals surface area contributed by atoms with E-state index in [1.54, 1.807) is 68.6 Å². The average molecular weight is 1970 g/mol. The smallest absolute Gasteiger partial charge is 0.323 e. The Hall–Kier alpha value is -14.1. The summed E-state index contributed by atoms with van der Waals surface area (Å²) in [5.74, 6) is -21.1. The molecule has 4 saturated heterocycles. The number of aromatic hydroxyl groups is 1. The molecule has 4 aliphatic heterocycles. The number of aromatic nitrogens is 4. The number of likely N-dealkylation sites (N-methyl/N-ethyl adjacent to an activating group) is 2. The summed E-state index contributed by atoms with van der Waals surface area (Å²) in [5.41, 5.74) is 13.4. The molecule has 758 valence electrons. The molecule has 10 rings (SSSR count). The zero-order valence-corrected chi connectivity index (χ0v) is 79.8. The van der Waals surface area contributed by atoms with E-state index in [1.165, 1.54) is 66.5 Å². The molecule has 0 aliphatic carbocycles. The first-order valence-corrected chi connectivity index (χ1v) is 48.1. The van der Waals surface area contributed by atoms with Crippen LogP contribution in [-0.2, 0) is 123 Å². The fraction of sp³-hybridized carbons (Fsp3) is 0.532. The Morgan fingerprint density at radius 1 is 0.543 bits per heavy atom. The fourth-order valence-electron chi connectivity index (χ4n) is 18.0. The van der Waals surface area contributed by atoms with Gasteiger partial charge in [-0.25, -0.2) is 4.98 Å². The first kappa shape index (κ1) is 108. The molecular weight excluding hydrogens is 1840 g/mol. The van der Waals surface area contributed by atoms with Crippen molar-refractivity contribution in [2.24, 2.45) is 17.4 Å². The summed E-state index contributed by atoms with van der Waals surface area (Å²) in [7, 11) is 2.62. The van der Waals surface area contributed by atoms with E-state index in [0.29, 0.717) is 70.6 Å². The van der Waals surface area contributed by atoms with E-state index in [1.807, 2.05) is 13.8 Å². The van der Waals surface area contributed by atoms with Crippen LogP contribution in [-0.4, -0.2) is 331 Å². The van der Waals surface area contributed by atoms with Crippen LogP contribution in [0.15, 0.2) is 97.7 Å². The Morgan fingerprint density at radius 3 is 1.74 bits per heavy atom. The number of piperidine rings is 1. The number of phenols is 1. The monoisotopic (exact) mass is 1970 g/mol. The highest BCUT2D eigenvalue weighted by atomic mass is 32.2. The molecule has 4 fully saturated rings.